The van der Waals surface area contributed by atoms with Crippen LogP contribution in [0.1, 0.15) is 42.9 Å². The van der Waals surface area contributed by atoms with Crippen LogP contribution in [-0.2, 0) is 32.2 Å². The topological polar surface area (TPSA) is 101 Å². The number of aromatic nitrogens is 2. The third-order valence-electron chi connectivity index (χ3n) is 7.25. The number of halogens is 2. The number of unbranched alkanes of at least 4 members (excludes halogenated alkanes) is 1. The van der Waals surface area contributed by atoms with E-state index in [1.807, 2.05) is 0 Å². The number of H-pyrrole nitrogens is 1. The van der Waals surface area contributed by atoms with Gasteiger partial charge in [0.1, 0.15) is 17.2 Å². The molecule has 1 unspecified atom stereocenters. The smallest absolute Gasteiger partial charge is 0.305 e. The molecule has 1 N–H and O–H groups in total. The van der Waals surface area contributed by atoms with E-state index >= 15 is 4.39 Å². The van der Waals surface area contributed by atoms with E-state index < -0.39 is 27.5 Å². The number of esters is 1. The summed E-state index contributed by atoms with van der Waals surface area (Å²) in [5.41, 5.74) is 3.41. The van der Waals surface area contributed by atoms with Gasteiger partial charge >= 0.3 is 5.97 Å². The second-order valence-corrected chi connectivity index (χ2v) is 12.3. The Kier molecular flexibility index (Phi) is 7.26. The zero-order chi connectivity index (χ0) is 28.8. The number of hydrogen-bond acceptors (Lipinski definition) is 6. The highest BCUT2D eigenvalue weighted by Crippen LogP contribution is 2.50. The fraction of sp³-hybridized carbons (Fsp3) is 0.310. The number of benzene rings is 2. The largest absolute Gasteiger partial charge is 0.469 e. The molecule has 4 aromatic rings. The van der Waals surface area contributed by atoms with Crippen molar-refractivity contribution in [2.75, 3.05) is 18.3 Å². The number of nitrogens with one attached hydrogen (secondary N) is 1. The van der Waals surface area contributed by atoms with Crippen LogP contribution in [0.2, 0.25) is 0 Å². The number of carbonyl (C=O) groups excluding carboxylic acids is 1. The molecule has 3 heterocycles. The third kappa shape index (κ3) is 5.13. The van der Waals surface area contributed by atoms with Crippen molar-refractivity contribution in [1.82, 2.24) is 9.55 Å². The number of anilines is 2. The van der Waals surface area contributed by atoms with E-state index in [0.717, 1.165) is 17.9 Å². The van der Waals surface area contributed by atoms with Crippen molar-refractivity contribution in [2.24, 2.45) is 7.05 Å². The van der Waals surface area contributed by atoms with E-state index in [1.165, 1.54) is 23.8 Å². The Morgan fingerprint density at radius 2 is 1.82 bits per heavy atom. The van der Waals surface area contributed by atoms with Crippen molar-refractivity contribution in [3.05, 3.63) is 81.9 Å². The zero-order valence-electron chi connectivity index (χ0n) is 22.3. The molecule has 8 nitrogen and oxygen atoms in total. The van der Waals surface area contributed by atoms with E-state index in [2.05, 4.69) is 4.98 Å². The summed E-state index contributed by atoms with van der Waals surface area (Å²) < 4.78 is 59.9. The van der Waals surface area contributed by atoms with Crippen LogP contribution in [0.15, 0.2) is 53.6 Å². The van der Waals surface area contributed by atoms with Gasteiger partial charge in [0, 0.05) is 65.9 Å². The molecule has 40 heavy (non-hydrogen) atoms. The number of carbonyl (C=O) groups is 1. The highest BCUT2D eigenvalue weighted by molar-refractivity contribution is 7.89. The van der Waals surface area contributed by atoms with Crippen LogP contribution in [0, 0.1) is 11.6 Å². The number of aryl methyl sites for hydroxylation is 1. The molecule has 0 spiro atoms. The summed E-state index contributed by atoms with van der Waals surface area (Å²) in [6, 6.07) is 8.06. The van der Waals surface area contributed by atoms with Gasteiger partial charge in [-0.05, 0) is 42.7 Å². The molecular weight excluding hydrogens is 540 g/mol. The van der Waals surface area contributed by atoms with Gasteiger partial charge in [-0.2, -0.15) is 0 Å². The number of aromatic amines is 1. The maximum Gasteiger partial charge on any atom is 0.305 e. The molecule has 0 amide bonds. The molecule has 0 saturated heterocycles. The van der Waals surface area contributed by atoms with Gasteiger partial charge in [-0.25, -0.2) is 17.2 Å². The maximum atomic E-state index is 15.5. The molecule has 2 aromatic carbocycles. The Morgan fingerprint density at radius 1 is 1.07 bits per heavy atom. The summed E-state index contributed by atoms with van der Waals surface area (Å²) >= 11 is 0. The van der Waals surface area contributed by atoms with Gasteiger partial charge in [0.2, 0.25) is 0 Å². The molecule has 0 radical (unpaired) electrons. The van der Waals surface area contributed by atoms with Gasteiger partial charge in [0.05, 0.1) is 24.6 Å². The number of hydrogen-bond donors (Lipinski definition) is 1. The Morgan fingerprint density at radius 3 is 2.52 bits per heavy atom. The minimum absolute atomic E-state index is 0.130. The lowest BCUT2D eigenvalue weighted by atomic mass is 9.96. The zero-order valence-corrected chi connectivity index (χ0v) is 23.1. The molecule has 1 atom stereocenters. The van der Waals surface area contributed by atoms with Gasteiger partial charge in [0.25, 0.3) is 5.56 Å². The molecule has 0 aliphatic carbocycles. The number of ether oxygens (including phenoxy) is 1. The van der Waals surface area contributed by atoms with Crippen LogP contribution in [0.3, 0.4) is 0 Å². The van der Waals surface area contributed by atoms with Gasteiger partial charge in [-0.15, -0.1) is 0 Å². The molecule has 2 aromatic heterocycles. The van der Waals surface area contributed by atoms with Crippen molar-refractivity contribution >= 4 is 38.1 Å². The van der Waals surface area contributed by atoms with E-state index in [9.17, 15) is 22.4 Å². The molecule has 5 rings (SSSR count). The van der Waals surface area contributed by atoms with Gasteiger partial charge < -0.3 is 19.2 Å². The highest BCUT2D eigenvalue weighted by Gasteiger charge is 2.34. The van der Waals surface area contributed by atoms with Crippen LogP contribution in [0.25, 0.3) is 22.0 Å². The lowest BCUT2D eigenvalue weighted by molar-refractivity contribution is -0.140. The average molecular weight is 570 g/mol. The summed E-state index contributed by atoms with van der Waals surface area (Å²) in [7, 11) is -0.396. The molecule has 0 bridgehead atoms. The molecule has 1 aliphatic heterocycles. The molecule has 11 heteroatoms. The highest BCUT2D eigenvalue weighted by atomic mass is 32.2. The number of rotatable bonds is 8. The van der Waals surface area contributed by atoms with Gasteiger partial charge in [-0.1, -0.05) is 12.5 Å². The second-order valence-electron chi connectivity index (χ2n) is 10.2. The van der Waals surface area contributed by atoms with E-state index in [-0.39, 0.29) is 29.4 Å². The van der Waals surface area contributed by atoms with Crippen molar-refractivity contribution < 1.29 is 26.7 Å². The summed E-state index contributed by atoms with van der Waals surface area (Å²) in [5, 5.41) is 0.656. The molecule has 0 fully saturated rings. The number of pyridine rings is 1. The molecule has 210 valence electrons. The van der Waals surface area contributed by atoms with E-state index in [1.54, 1.807) is 42.5 Å². The van der Waals surface area contributed by atoms with Crippen LogP contribution >= 0.6 is 0 Å². The van der Waals surface area contributed by atoms with Crippen molar-refractivity contribution in [2.45, 2.75) is 37.5 Å². The van der Waals surface area contributed by atoms with Crippen molar-refractivity contribution in [3.63, 3.8) is 0 Å². The van der Waals surface area contributed by atoms with Crippen LogP contribution in [-0.4, -0.2) is 37.3 Å². The minimum Gasteiger partial charge on any atom is -0.469 e. The lowest BCUT2D eigenvalue weighted by Gasteiger charge is -2.34. The fourth-order valence-corrected chi connectivity index (χ4v) is 6.32. The van der Waals surface area contributed by atoms with Crippen molar-refractivity contribution in [3.8, 4) is 11.1 Å². The summed E-state index contributed by atoms with van der Waals surface area (Å²) in [6.07, 6.45) is 6.38. The van der Waals surface area contributed by atoms with Gasteiger partial charge in [0.15, 0.2) is 9.84 Å². The first-order valence-electron chi connectivity index (χ1n) is 12.8. The van der Waals surface area contributed by atoms with Gasteiger partial charge in [-0.3, -0.25) is 9.59 Å². The second kappa shape index (κ2) is 10.5. The number of fused-ring (bicyclic) bond motifs is 2. The Hall–Kier alpha value is -3.99. The maximum absolute atomic E-state index is 15.5. The third-order valence-corrected chi connectivity index (χ3v) is 8.11. The van der Waals surface area contributed by atoms with Crippen molar-refractivity contribution in [1.29, 1.82) is 0 Å². The van der Waals surface area contributed by atoms with E-state index in [0.29, 0.717) is 52.5 Å². The summed E-state index contributed by atoms with van der Waals surface area (Å²) in [5.74, 6) is -2.01. The standard InChI is InChI=1S/C29H29F2N3O5S/c1-33-15-21-19-12-17(16-40(3,37)38)8-10-24(19)34(25-11-9-18(30)13-22(25)31)23(6-4-5-7-26(35)39-2)20-14-32-28(27(20)21)29(33)36/h8-15,23,32H,4-7,16H2,1-3H3. The predicted molar refractivity (Wildman–Crippen MR) is 149 cm³/mol. The number of methoxy groups -OCH3 is 1. The first-order chi connectivity index (χ1) is 19.0. The molecule has 0 saturated carbocycles. The Bertz CT molecular complexity index is 1800. The van der Waals surface area contributed by atoms with Crippen LogP contribution < -0.4 is 10.5 Å². The Labute approximate surface area is 230 Å². The van der Waals surface area contributed by atoms with E-state index in [4.69, 9.17) is 4.74 Å². The minimum atomic E-state index is -3.36. The van der Waals surface area contributed by atoms with Crippen LogP contribution in [0.4, 0.5) is 20.2 Å². The average Bonchev–Trinajstić information content (AvgIpc) is 3.29. The SMILES string of the molecule is COC(=O)CCCCC1c2c[nH]c3c(=O)n(C)cc(c23)-c2cc(CS(C)(=O)=O)ccc2N1c1ccc(F)cc1F. The monoisotopic (exact) mass is 569 g/mol. The summed E-state index contributed by atoms with van der Waals surface area (Å²) in [4.78, 5) is 29.7. The fourth-order valence-electron chi connectivity index (χ4n) is 5.53. The number of sulfone groups is 1. The normalized spacial score (nSPS) is 14.7. The first kappa shape index (κ1) is 27.6. The number of nitrogens with zero attached hydrogens (tertiary/aromatic N) is 2. The Balaban J connectivity index is 1.78. The molecule has 1 aliphatic rings. The first-order valence-corrected chi connectivity index (χ1v) is 14.9. The molecular formula is C29H29F2N3O5S. The quantitative estimate of drug-likeness (QED) is 0.229. The lowest BCUT2D eigenvalue weighted by Crippen LogP contribution is -2.25. The summed E-state index contributed by atoms with van der Waals surface area (Å²) in [6.45, 7) is 0. The van der Waals surface area contributed by atoms with Crippen LogP contribution in [0.5, 0.6) is 0 Å². The predicted octanol–water partition coefficient (Wildman–Crippen LogP) is 5.28.